The van der Waals surface area contributed by atoms with Crippen LogP contribution in [0.1, 0.15) is 18.1 Å². The summed E-state index contributed by atoms with van der Waals surface area (Å²) >= 11 is 0. The molecular weight excluding hydrogens is 400 g/mol. The van der Waals surface area contributed by atoms with Crippen LogP contribution in [0.15, 0.2) is 103 Å². The lowest BCUT2D eigenvalue weighted by Gasteiger charge is -2.19. The number of anilines is 1. The van der Waals surface area contributed by atoms with Gasteiger partial charge in [-0.1, -0.05) is 91.0 Å². The molecule has 0 aromatic heterocycles. The number of fused-ring (bicyclic) bond motifs is 2. The molecule has 0 heterocycles. The van der Waals surface area contributed by atoms with Crippen molar-refractivity contribution in [1.82, 2.24) is 0 Å². The van der Waals surface area contributed by atoms with Gasteiger partial charge >= 0.3 is 0 Å². The quantitative estimate of drug-likeness (QED) is 0.287. The van der Waals surface area contributed by atoms with E-state index in [1.54, 1.807) is 6.20 Å². The van der Waals surface area contributed by atoms with Crippen molar-refractivity contribution in [3.63, 3.8) is 0 Å². The van der Waals surface area contributed by atoms with Crippen LogP contribution in [-0.4, -0.2) is 0 Å². The molecule has 33 heavy (non-hydrogen) atoms. The molecule has 0 saturated heterocycles. The van der Waals surface area contributed by atoms with E-state index in [4.69, 9.17) is 11.5 Å². The molecule has 0 fully saturated rings. The third-order valence-electron chi connectivity index (χ3n) is 6.17. The van der Waals surface area contributed by atoms with Gasteiger partial charge in [0.2, 0.25) is 0 Å². The number of nitrogen functional groups attached to an aromatic ring is 1. The van der Waals surface area contributed by atoms with Gasteiger partial charge in [-0.05, 0) is 75.1 Å². The normalized spacial score (nSPS) is 11.8. The van der Waals surface area contributed by atoms with Gasteiger partial charge in [0.25, 0.3) is 0 Å². The maximum absolute atomic E-state index is 6.93. The van der Waals surface area contributed by atoms with Crippen molar-refractivity contribution in [2.45, 2.75) is 6.92 Å². The summed E-state index contributed by atoms with van der Waals surface area (Å²) in [6.07, 6.45) is 7.67. The smallest absolute Gasteiger partial charge is 0.0479 e. The summed E-state index contributed by atoms with van der Waals surface area (Å²) in [5.41, 5.74) is 19.9. The summed E-state index contributed by atoms with van der Waals surface area (Å²) in [5.74, 6) is 0. The van der Waals surface area contributed by atoms with Crippen LogP contribution in [-0.2, 0) is 0 Å². The molecule has 0 bridgehead atoms. The third kappa shape index (κ3) is 3.66. The van der Waals surface area contributed by atoms with E-state index in [1.165, 1.54) is 21.5 Å². The van der Waals surface area contributed by atoms with Gasteiger partial charge in [0, 0.05) is 16.8 Å². The monoisotopic (exact) mass is 426 g/mol. The first-order valence-electron chi connectivity index (χ1n) is 11.2. The van der Waals surface area contributed by atoms with Gasteiger partial charge in [-0.15, -0.1) is 0 Å². The first-order chi connectivity index (χ1) is 16.2. The fourth-order valence-corrected chi connectivity index (χ4v) is 4.67. The first kappa shape index (κ1) is 20.6. The molecule has 0 saturated carbocycles. The van der Waals surface area contributed by atoms with Gasteiger partial charge in [-0.25, -0.2) is 0 Å². The number of rotatable bonds is 4. The van der Waals surface area contributed by atoms with E-state index in [0.717, 1.165) is 39.1 Å². The summed E-state index contributed by atoms with van der Waals surface area (Å²) in [4.78, 5) is 0. The standard InChI is InChI=1S/C31H26N2/c1-2-8-28-29(27-14-7-12-22-10-5-6-13-26(22)27)20-25(17-18-32)30(31(28)33)24-16-15-21-9-3-4-11-23(21)19-24/h2-20H,32-33H2,1H3/b8-2-,18-17-. The fraction of sp³-hybridized carbons (Fsp3) is 0.0323. The Labute approximate surface area is 194 Å². The van der Waals surface area contributed by atoms with Crippen molar-refractivity contribution < 1.29 is 0 Å². The molecule has 2 nitrogen and oxygen atoms in total. The van der Waals surface area contributed by atoms with E-state index < -0.39 is 0 Å². The summed E-state index contributed by atoms with van der Waals surface area (Å²) in [7, 11) is 0. The number of hydrogen-bond acceptors (Lipinski definition) is 2. The Morgan fingerprint density at radius 1 is 0.667 bits per heavy atom. The molecule has 0 radical (unpaired) electrons. The van der Waals surface area contributed by atoms with Crippen molar-refractivity contribution in [1.29, 1.82) is 0 Å². The third-order valence-corrected chi connectivity index (χ3v) is 6.17. The van der Waals surface area contributed by atoms with Crippen LogP contribution in [0.5, 0.6) is 0 Å². The Hall–Kier alpha value is -4.30. The van der Waals surface area contributed by atoms with Gasteiger partial charge in [-0.2, -0.15) is 0 Å². The lowest BCUT2D eigenvalue weighted by atomic mass is 9.86. The van der Waals surface area contributed by atoms with Gasteiger partial charge < -0.3 is 11.5 Å². The number of nitrogens with two attached hydrogens (primary N) is 2. The van der Waals surface area contributed by atoms with Crippen LogP contribution < -0.4 is 11.5 Å². The molecule has 0 spiro atoms. The summed E-state index contributed by atoms with van der Waals surface area (Å²) in [6.45, 7) is 2.02. The molecule has 5 rings (SSSR count). The van der Waals surface area contributed by atoms with Gasteiger partial charge in [0.15, 0.2) is 0 Å². The molecule has 0 aliphatic carbocycles. The van der Waals surface area contributed by atoms with E-state index in [9.17, 15) is 0 Å². The van der Waals surface area contributed by atoms with Gasteiger partial charge in [0.1, 0.15) is 0 Å². The van der Waals surface area contributed by atoms with Crippen molar-refractivity contribution in [2.24, 2.45) is 5.73 Å². The highest BCUT2D eigenvalue weighted by molar-refractivity contribution is 6.04. The van der Waals surface area contributed by atoms with Crippen LogP contribution in [0.3, 0.4) is 0 Å². The summed E-state index contributed by atoms with van der Waals surface area (Å²) < 4.78 is 0. The van der Waals surface area contributed by atoms with Crippen LogP contribution in [0.25, 0.3) is 56.0 Å². The summed E-state index contributed by atoms with van der Waals surface area (Å²) in [6, 6.07) is 31.9. The van der Waals surface area contributed by atoms with E-state index >= 15 is 0 Å². The van der Waals surface area contributed by atoms with Crippen molar-refractivity contribution in [2.75, 3.05) is 5.73 Å². The minimum Gasteiger partial charge on any atom is -0.405 e. The largest absolute Gasteiger partial charge is 0.405 e. The highest BCUT2D eigenvalue weighted by atomic mass is 14.6. The van der Waals surface area contributed by atoms with E-state index in [0.29, 0.717) is 0 Å². The topological polar surface area (TPSA) is 52.0 Å². The molecule has 2 heteroatoms. The molecule has 0 aliphatic rings. The van der Waals surface area contributed by atoms with Crippen LogP contribution >= 0.6 is 0 Å². The Balaban J connectivity index is 1.84. The van der Waals surface area contributed by atoms with Crippen molar-refractivity contribution >= 4 is 39.4 Å². The second-order valence-corrected chi connectivity index (χ2v) is 8.16. The summed E-state index contributed by atoms with van der Waals surface area (Å²) in [5, 5.41) is 4.79. The number of benzene rings is 5. The van der Waals surface area contributed by atoms with E-state index in [2.05, 4.69) is 97.1 Å². The molecule has 4 N–H and O–H groups in total. The zero-order chi connectivity index (χ0) is 22.8. The molecule has 0 aliphatic heterocycles. The fourth-order valence-electron chi connectivity index (χ4n) is 4.67. The van der Waals surface area contributed by atoms with E-state index in [-0.39, 0.29) is 0 Å². The zero-order valence-corrected chi connectivity index (χ0v) is 18.6. The molecule has 0 unspecified atom stereocenters. The lowest BCUT2D eigenvalue weighted by molar-refractivity contribution is 1.54. The Kier molecular flexibility index (Phi) is 5.42. The highest BCUT2D eigenvalue weighted by Crippen LogP contribution is 2.42. The number of hydrogen-bond donors (Lipinski definition) is 2. The molecular formula is C31H26N2. The number of allylic oxidation sites excluding steroid dienone is 1. The molecule has 160 valence electrons. The van der Waals surface area contributed by atoms with Crippen LogP contribution in [0, 0.1) is 0 Å². The van der Waals surface area contributed by atoms with Crippen molar-refractivity contribution in [3.8, 4) is 22.3 Å². The van der Waals surface area contributed by atoms with Gasteiger partial charge in [-0.3, -0.25) is 0 Å². The Bertz CT molecular complexity index is 1540. The Morgan fingerprint density at radius 3 is 2.18 bits per heavy atom. The maximum Gasteiger partial charge on any atom is 0.0479 e. The zero-order valence-electron chi connectivity index (χ0n) is 18.6. The average Bonchev–Trinajstić information content (AvgIpc) is 2.85. The first-order valence-corrected chi connectivity index (χ1v) is 11.2. The lowest BCUT2D eigenvalue weighted by Crippen LogP contribution is -2.00. The minimum atomic E-state index is 0.752. The van der Waals surface area contributed by atoms with Crippen LogP contribution in [0.4, 0.5) is 5.69 Å². The Morgan fingerprint density at radius 2 is 1.39 bits per heavy atom. The molecule has 0 atom stereocenters. The van der Waals surface area contributed by atoms with Crippen molar-refractivity contribution in [3.05, 3.63) is 114 Å². The molecule has 5 aromatic rings. The SMILES string of the molecule is C/C=C\c1c(-c2cccc3ccccc23)cc(/C=C\N)c(-c2ccc3ccccc3c2)c1N. The molecule has 5 aromatic carbocycles. The predicted octanol–water partition coefficient (Wildman–Crippen LogP) is 7.87. The van der Waals surface area contributed by atoms with E-state index in [1.807, 2.05) is 19.1 Å². The highest BCUT2D eigenvalue weighted by Gasteiger charge is 2.17. The minimum absolute atomic E-state index is 0.752. The average molecular weight is 427 g/mol. The van der Waals surface area contributed by atoms with Crippen LogP contribution in [0.2, 0.25) is 0 Å². The second-order valence-electron chi connectivity index (χ2n) is 8.16. The molecule has 0 amide bonds. The maximum atomic E-state index is 6.93. The van der Waals surface area contributed by atoms with Gasteiger partial charge in [0.05, 0.1) is 0 Å². The second kappa shape index (κ2) is 8.68. The predicted molar refractivity (Wildman–Crippen MR) is 145 cm³/mol.